The number of nitrogens with zero attached hydrogens (tertiary/aromatic N) is 2. The molecule has 13 atom stereocenters. The van der Waals surface area contributed by atoms with Gasteiger partial charge in [-0.3, -0.25) is 14.7 Å². The van der Waals surface area contributed by atoms with E-state index in [0.717, 1.165) is 19.5 Å². The Balaban J connectivity index is 1.35. The maximum atomic E-state index is 18.0. The van der Waals surface area contributed by atoms with E-state index in [4.69, 9.17) is 37.6 Å². The number of hydrogen-bond donors (Lipinski definition) is 2. The molecule has 0 unspecified atom stereocenters. The van der Waals surface area contributed by atoms with Gasteiger partial charge in [0.05, 0.1) is 24.2 Å². The van der Waals surface area contributed by atoms with Crippen LogP contribution in [0.1, 0.15) is 138 Å². The van der Waals surface area contributed by atoms with Gasteiger partial charge in [-0.05, 0) is 99.2 Å². The third-order valence-electron chi connectivity index (χ3n) is 17.6. The van der Waals surface area contributed by atoms with Crippen molar-refractivity contribution in [3.63, 3.8) is 0 Å². The monoisotopic (exact) mass is 1070 g/mol. The lowest BCUT2D eigenvalue weighted by Gasteiger charge is -2.68. The van der Waals surface area contributed by atoms with Gasteiger partial charge in [0.2, 0.25) is 8.32 Å². The van der Waals surface area contributed by atoms with Crippen LogP contribution in [0.15, 0.2) is 59.8 Å². The van der Waals surface area contributed by atoms with Crippen molar-refractivity contribution in [2.24, 2.45) is 16.7 Å². The highest BCUT2D eigenvalue weighted by atomic mass is 28.4. The number of aliphatic hydroxyl groups is 1. The first-order valence-electron chi connectivity index (χ1n) is 26.7. The number of esters is 3. The van der Waals surface area contributed by atoms with Crippen molar-refractivity contribution in [1.82, 2.24) is 15.2 Å². The molecule has 16 nitrogen and oxygen atoms in total. The summed E-state index contributed by atoms with van der Waals surface area (Å²) in [6.45, 7) is 27.1. The Labute approximate surface area is 441 Å². The molecule has 414 valence electrons. The van der Waals surface area contributed by atoms with E-state index in [0.29, 0.717) is 17.7 Å². The summed E-state index contributed by atoms with van der Waals surface area (Å²) in [5, 5.41) is 17.1. The second kappa shape index (κ2) is 20.8. The van der Waals surface area contributed by atoms with Crippen molar-refractivity contribution in [2.75, 3.05) is 26.2 Å². The molecule has 75 heavy (non-hydrogen) atoms. The predicted octanol–water partition coefficient (Wildman–Crippen LogP) is 8.86. The van der Waals surface area contributed by atoms with E-state index in [9.17, 15) is 19.5 Å². The maximum absolute atomic E-state index is 18.0. The van der Waals surface area contributed by atoms with Crippen LogP contribution in [-0.2, 0) is 47.2 Å². The first kappa shape index (κ1) is 56.8. The Bertz CT molecular complexity index is 2480. The summed E-state index contributed by atoms with van der Waals surface area (Å²) in [4.78, 5) is 64.5. The van der Waals surface area contributed by atoms with Crippen molar-refractivity contribution in [3.05, 3.63) is 76.9 Å². The van der Waals surface area contributed by atoms with Crippen LogP contribution in [0.25, 0.3) is 0 Å². The Morgan fingerprint density at radius 2 is 1.61 bits per heavy atom. The summed E-state index contributed by atoms with van der Waals surface area (Å²) in [5.41, 5.74) is -7.75. The molecule has 3 saturated heterocycles. The quantitative estimate of drug-likeness (QED) is 0.0744. The van der Waals surface area contributed by atoms with Gasteiger partial charge in [0.1, 0.15) is 59.3 Å². The molecule has 3 aliphatic heterocycles. The van der Waals surface area contributed by atoms with Crippen LogP contribution in [0, 0.1) is 22.6 Å². The SMILES string of the molecule is CC(=O)O[C@@]12CO[C@@H]1C[C@@H](F)[C@@]1(C)[C@@H]3O[C@H](CN4CCC4)O[C@@H]3C3=C(C)[C@@H](OC(=O)[C@H](O[Si](C(C)C)(C(C)C)C(C)C)[C@@H](NC(=O)OC(C)(C)C)c4ncccc4F)C[C@@](O)([C@@H](OC(=O)c4ccccc4)[C@H]21)C3(C)C. The fraction of sp³-hybridized carbons (Fsp3) is 0.696. The van der Waals surface area contributed by atoms with Crippen LogP contribution < -0.4 is 5.32 Å². The average molecular weight is 1070 g/mol. The van der Waals surface area contributed by atoms with Crippen LogP contribution >= 0.6 is 0 Å². The van der Waals surface area contributed by atoms with Gasteiger partial charge < -0.3 is 48.0 Å². The second-order valence-electron chi connectivity index (χ2n) is 24.4. The highest BCUT2D eigenvalue weighted by Gasteiger charge is 2.79. The number of ether oxygens (including phenoxy) is 7. The average Bonchev–Trinajstić information content (AvgIpc) is 3.72. The molecule has 1 amide bonds. The number of carbonyl (C=O) groups is 4. The number of carbonyl (C=O) groups excluding carboxylic acids is 4. The zero-order valence-corrected chi connectivity index (χ0v) is 47.1. The number of halogens is 2. The van der Waals surface area contributed by atoms with Crippen LogP contribution in [-0.4, -0.2) is 139 Å². The number of alkyl halides is 1. The van der Waals surface area contributed by atoms with Crippen molar-refractivity contribution in [1.29, 1.82) is 0 Å². The third kappa shape index (κ3) is 9.87. The van der Waals surface area contributed by atoms with E-state index in [1.54, 1.807) is 78.8 Å². The van der Waals surface area contributed by atoms with E-state index in [2.05, 4.69) is 15.2 Å². The largest absolute Gasteiger partial charge is 0.456 e. The molecular weight excluding hydrogens is 989 g/mol. The number of fused-ring (bicyclic) bond motifs is 8. The molecular formula is C56H79F2N3O13Si. The summed E-state index contributed by atoms with van der Waals surface area (Å²) in [6, 6.07) is 9.12. The molecule has 2 saturated carbocycles. The smallest absolute Gasteiger partial charge is 0.408 e. The summed E-state index contributed by atoms with van der Waals surface area (Å²) in [7, 11) is -3.18. The number of nitrogens with one attached hydrogen (secondary N) is 1. The van der Waals surface area contributed by atoms with E-state index in [1.165, 1.54) is 25.3 Å². The van der Waals surface area contributed by atoms with Crippen molar-refractivity contribution < 1.29 is 70.6 Å². The minimum Gasteiger partial charge on any atom is -0.456 e. The highest BCUT2D eigenvalue weighted by Crippen LogP contribution is 2.67. The Morgan fingerprint density at radius 1 is 0.960 bits per heavy atom. The van der Waals surface area contributed by atoms with Gasteiger partial charge in [0.25, 0.3) is 0 Å². The van der Waals surface area contributed by atoms with Crippen molar-refractivity contribution in [3.8, 4) is 0 Å². The van der Waals surface area contributed by atoms with Gasteiger partial charge in [0.15, 0.2) is 18.0 Å². The molecule has 2 aromatic rings. The zero-order chi connectivity index (χ0) is 55.0. The number of rotatable bonds is 15. The lowest BCUT2D eigenvalue weighted by molar-refractivity contribution is -0.356. The van der Waals surface area contributed by atoms with Crippen molar-refractivity contribution in [2.45, 2.75) is 205 Å². The lowest BCUT2D eigenvalue weighted by atomic mass is 9.44. The molecule has 6 aliphatic rings. The first-order chi connectivity index (χ1) is 35.0. The van der Waals surface area contributed by atoms with Crippen LogP contribution in [0.4, 0.5) is 13.6 Å². The summed E-state index contributed by atoms with van der Waals surface area (Å²) in [6.07, 6.45) is -10.0. The lowest BCUT2D eigenvalue weighted by Crippen LogP contribution is -2.81. The molecule has 0 spiro atoms. The van der Waals surface area contributed by atoms with Crippen LogP contribution in [0.3, 0.4) is 0 Å². The Morgan fingerprint density at radius 3 is 2.16 bits per heavy atom. The Kier molecular flexibility index (Phi) is 15.7. The molecule has 3 aliphatic carbocycles. The van der Waals surface area contributed by atoms with E-state index < -0.39 is 133 Å². The molecule has 0 radical (unpaired) electrons. The second-order valence-corrected chi connectivity index (χ2v) is 29.8. The topological polar surface area (TPSA) is 191 Å². The standard InChI is InChI=1S/C56H79F2N3O13Si/c1-30(2)75(31(3)4,32(5)6)74-45(43(42-36(57)22-18-23-59-42)60-51(65)73-52(9,10)11)50(64)68-37-27-56(66)48(71-49(63)35-20-16-15-17-21-35)46-54(14,38(58)26-39-55(46,29-67-39)72-34(8)62)47-44(41(33(37)7)53(56,12)13)69-40(70-47)28-61-24-19-25-61/h15-18,20-23,30-32,37-40,43-48,66H,19,24-29H2,1-14H3,(H,60,65)/t37-,38+,39+,40+,43-,44+,45+,46-,47+,48-,54+,55-,56+/m0/s1. The fourth-order valence-corrected chi connectivity index (χ4v) is 19.4. The zero-order valence-electron chi connectivity index (χ0n) is 46.1. The molecule has 1 aromatic heterocycles. The molecule has 2 bridgehead atoms. The van der Waals surface area contributed by atoms with E-state index in [-0.39, 0.29) is 40.9 Å². The van der Waals surface area contributed by atoms with Crippen molar-refractivity contribution >= 4 is 32.3 Å². The van der Waals surface area contributed by atoms with Gasteiger partial charge in [0, 0.05) is 43.3 Å². The molecule has 5 fully saturated rings. The van der Waals surface area contributed by atoms with Gasteiger partial charge >= 0.3 is 24.0 Å². The molecule has 19 heteroatoms. The highest BCUT2D eigenvalue weighted by molar-refractivity contribution is 6.77. The molecule has 1 aromatic carbocycles. The number of alkyl carbamates (subject to hydrolysis) is 1. The maximum Gasteiger partial charge on any atom is 0.408 e. The Hall–Kier alpha value is -4.37. The minimum absolute atomic E-state index is 0.121. The molecule has 2 N–H and O–H groups in total. The molecule has 8 rings (SSSR count). The van der Waals surface area contributed by atoms with Gasteiger partial charge in [-0.1, -0.05) is 80.5 Å². The number of benzene rings is 1. The van der Waals surface area contributed by atoms with Gasteiger partial charge in [-0.25, -0.2) is 23.2 Å². The summed E-state index contributed by atoms with van der Waals surface area (Å²) in [5.74, 6) is -4.75. The summed E-state index contributed by atoms with van der Waals surface area (Å²) < 4.78 is 87.3. The fourth-order valence-electron chi connectivity index (χ4n) is 13.9. The molecule has 4 heterocycles. The van der Waals surface area contributed by atoms with E-state index >= 15 is 13.6 Å². The number of amides is 1. The predicted molar refractivity (Wildman–Crippen MR) is 274 cm³/mol. The van der Waals surface area contributed by atoms with Gasteiger partial charge in [-0.15, -0.1) is 0 Å². The number of likely N-dealkylation sites (tertiary alicyclic amines) is 1. The number of pyridine rings is 1. The first-order valence-corrected chi connectivity index (χ1v) is 28.8. The minimum atomic E-state index is -3.18. The normalized spacial score (nSPS) is 33.1. The van der Waals surface area contributed by atoms with Crippen LogP contribution in [0.5, 0.6) is 0 Å². The number of aromatic nitrogens is 1. The van der Waals surface area contributed by atoms with Crippen LogP contribution in [0.2, 0.25) is 16.6 Å². The summed E-state index contributed by atoms with van der Waals surface area (Å²) >= 11 is 0. The van der Waals surface area contributed by atoms with E-state index in [1.807, 2.05) is 41.5 Å². The number of hydrogen-bond acceptors (Lipinski definition) is 15. The van der Waals surface area contributed by atoms with Gasteiger partial charge in [-0.2, -0.15) is 0 Å². The third-order valence-corrected chi connectivity index (χ3v) is 23.6.